The van der Waals surface area contributed by atoms with Crippen LogP contribution in [0.25, 0.3) is 17.1 Å². The molecule has 0 spiro atoms. The molecule has 3 rings (SSSR count). The molecule has 0 aliphatic heterocycles. The van der Waals surface area contributed by atoms with Crippen molar-refractivity contribution in [3.63, 3.8) is 0 Å². The first kappa shape index (κ1) is 12.0. The zero-order valence-corrected chi connectivity index (χ0v) is 11.4. The van der Waals surface area contributed by atoms with Gasteiger partial charge in [-0.25, -0.2) is 4.68 Å². The molecule has 0 aliphatic rings. The minimum Gasteiger partial charge on any atom is -0.411 e. The van der Waals surface area contributed by atoms with Crippen molar-refractivity contribution >= 4 is 11.8 Å². The number of hydrogen-bond acceptors (Lipinski definition) is 5. The molecule has 19 heavy (non-hydrogen) atoms. The van der Waals surface area contributed by atoms with E-state index in [0.29, 0.717) is 11.1 Å². The Bertz CT molecular complexity index is 690. The standard InChI is InChI=1S/C13H12N4OS/c1-9-11(12-15-16-13(18-12)19-2)8-14-17(9)10-6-4-3-5-7-10/h3-8H,1-2H3. The molecular formula is C13H12N4OS. The molecule has 0 fully saturated rings. The van der Waals surface area contributed by atoms with E-state index < -0.39 is 0 Å². The van der Waals surface area contributed by atoms with Gasteiger partial charge in [-0.2, -0.15) is 5.10 Å². The number of aromatic nitrogens is 4. The number of thioether (sulfide) groups is 1. The Hall–Kier alpha value is -2.08. The Kier molecular flexibility index (Phi) is 3.08. The van der Waals surface area contributed by atoms with Crippen molar-refractivity contribution in [2.75, 3.05) is 6.26 Å². The molecule has 2 heterocycles. The average molecular weight is 272 g/mol. The Morgan fingerprint density at radius 2 is 1.95 bits per heavy atom. The summed E-state index contributed by atoms with van der Waals surface area (Å²) in [4.78, 5) is 0. The summed E-state index contributed by atoms with van der Waals surface area (Å²) in [5, 5.41) is 12.9. The van der Waals surface area contributed by atoms with E-state index in [1.54, 1.807) is 6.20 Å². The Morgan fingerprint density at radius 1 is 1.16 bits per heavy atom. The smallest absolute Gasteiger partial charge is 0.276 e. The number of rotatable bonds is 3. The molecule has 3 aromatic rings. The molecule has 96 valence electrons. The highest BCUT2D eigenvalue weighted by Crippen LogP contribution is 2.25. The first-order chi connectivity index (χ1) is 9.29. The molecule has 0 atom stereocenters. The predicted octanol–water partition coefficient (Wildman–Crippen LogP) is 2.95. The minimum atomic E-state index is 0.504. The minimum absolute atomic E-state index is 0.504. The summed E-state index contributed by atoms with van der Waals surface area (Å²) in [7, 11) is 0. The molecule has 0 unspecified atom stereocenters. The third-order valence-corrected chi connectivity index (χ3v) is 3.34. The van der Waals surface area contributed by atoms with Crippen LogP contribution in [0.1, 0.15) is 5.69 Å². The highest BCUT2D eigenvalue weighted by atomic mass is 32.2. The van der Waals surface area contributed by atoms with Crippen LogP contribution in [0, 0.1) is 6.92 Å². The quantitative estimate of drug-likeness (QED) is 0.686. The summed E-state index contributed by atoms with van der Waals surface area (Å²) in [6.45, 7) is 1.98. The van der Waals surface area contributed by atoms with Gasteiger partial charge in [0.15, 0.2) is 0 Å². The van der Waals surface area contributed by atoms with Gasteiger partial charge in [0.05, 0.1) is 23.1 Å². The van der Waals surface area contributed by atoms with Crippen LogP contribution in [0.15, 0.2) is 46.2 Å². The van der Waals surface area contributed by atoms with Crippen LogP contribution < -0.4 is 0 Å². The van der Waals surface area contributed by atoms with Crippen molar-refractivity contribution in [2.24, 2.45) is 0 Å². The van der Waals surface area contributed by atoms with Gasteiger partial charge >= 0.3 is 0 Å². The Morgan fingerprint density at radius 3 is 2.63 bits per heavy atom. The molecule has 0 aliphatic carbocycles. The molecule has 5 nitrogen and oxygen atoms in total. The summed E-state index contributed by atoms with van der Waals surface area (Å²) in [5.74, 6) is 0.504. The van der Waals surface area contributed by atoms with Gasteiger partial charge in [-0.15, -0.1) is 10.2 Å². The molecular weight excluding hydrogens is 260 g/mol. The molecule has 6 heteroatoms. The largest absolute Gasteiger partial charge is 0.411 e. The van der Waals surface area contributed by atoms with E-state index in [-0.39, 0.29) is 0 Å². The van der Waals surface area contributed by atoms with Gasteiger partial charge in [0, 0.05) is 0 Å². The van der Waals surface area contributed by atoms with Crippen LogP contribution in [0.4, 0.5) is 0 Å². The molecule has 0 radical (unpaired) electrons. The molecule has 0 amide bonds. The van der Waals surface area contributed by atoms with E-state index in [1.165, 1.54) is 11.8 Å². The summed E-state index contributed by atoms with van der Waals surface area (Å²) < 4.78 is 7.40. The van der Waals surface area contributed by atoms with Crippen LogP contribution in [0.2, 0.25) is 0 Å². The second-order valence-corrected chi connectivity index (χ2v) is 4.73. The number of nitrogens with zero attached hydrogens (tertiary/aromatic N) is 4. The Balaban J connectivity index is 2.04. The number of para-hydroxylation sites is 1. The van der Waals surface area contributed by atoms with Crippen molar-refractivity contribution in [3.8, 4) is 17.1 Å². The van der Waals surface area contributed by atoms with Crippen molar-refractivity contribution in [1.29, 1.82) is 0 Å². The second-order valence-electron chi connectivity index (χ2n) is 3.97. The van der Waals surface area contributed by atoms with Gasteiger partial charge in [-0.1, -0.05) is 30.0 Å². The maximum Gasteiger partial charge on any atom is 0.276 e. The van der Waals surface area contributed by atoms with Gasteiger partial charge in [0.1, 0.15) is 0 Å². The maximum absolute atomic E-state index is 5.54. The fourth-order valence-electron chi connectivity index (χ4n) is 1.85. The van der Waals surface area contributed by atoms with Crippen LogP contribution >= 0.6 is 11.8 Å². The van der Waals surface area contributed by atoms with Crippen molar-refractivity contribution in [2.45, 2.75) is 12.1 Å². The zero-order valence-electron chi connectivity index (χ0n) is 10.6. The third kappa shape index (κ3) is 2.15. The third-order valence-electron chi connectivity index (χ3n) is 2.82. The molecule has 0 bridgehead atoms. The van der Waals surface area contributed by atoms with Gasteiger partial charge in [-0.05, 0) is 25.3 Å². The maximum atomic E-state index is 5.54. The highest BCUT2D eigenvalue weighted by molar-refractivity contribution is 7.98. The normalized spacial score (nSPS) is 10.8. The lowest BCUT2D eigenvalue weighted by atomic mass is 10.2. The van der Waals surface area contributed by atoms with E-state index in [2.05, 4.69) is 15.3 Å². The van der Waals surface area contributed by atoms with E-state index in [1.807, 2.05) is 48.2 Å². The summed E-state index contributed by atoms with van der Waals surface area (Å²) in [6, 6.07) is 9.95. The van der Waals surface area contributed by atoms with Gasteiger partial charge in [-0.3, -0.25) is 0 Å². The average Bonchev–Trinajstić information content (AvgIpc) is 3.06. The first-order valence-electron chi connectivity index (χ1n) is 5.77. The van der Waals surface area contributed by atoms with E-state index >= 15 is 0 Å². The molecule has 1 aromatic carbocycles. The predicted molar refractivity (Wildman–Crippen MR) is 73.4 cm³/mol. The first-order valence-corrected chi connectivity index (χ1v) is 7.00. The zero-order chi connectivity index (χ0) is 13.2. The van der Waals surface area contributed by atoms with Crippen LogP contribution in [0.5, 0.6) is 0 Å². The fourth-order valence-corrected chi connectivity index (χ4v) is 2.13. The lowest BCUT2D eigenvalue weighted by molar-refractivity contribution is 0.466. The molecule has 0 saturated heterocycles. The lowest BCUT2D eigenvalue weighted by Gasteiger charge is -2.03. The van der Waals surface area contributed by atoms with Crippen molar-refractivity contribution < 1.29 is 4.42 Å². The topological polar surface area (TPSA) is 56.7 Å². The van der Waals surface area contributed by atoms with Gasteiger partial charge in [0.2, 0.25) is 0 Å². The fraction of sp³-hybridized carbons (Fsp3) is 0.154. The Labute approximate surface area is 114 Å². The second kappa shape index (κ2) is 4.89. The number of hydrogen-bond donors (Lipinski definition) is 0. The molecule has 0 saturated carbocycles. The monoisotopic (exact) mass is 272 g/mol. The number of benzene rings is 1. The van der Waals surface area contributed by atoms with E-state index in [0.717, 1.165) is 16.9 Å². The highest BCUT2D eigenvalue weighted by Gasteiger charge is 2.15. The van der Waals surface area contributed by atoms with Gasteiger partial charge < -0.3 is 4.42 Å². The van der Waals surface area contributed by atoms with Crippen LogP contribution in [0.3, 0.4) is 0 Å². The summed E-state index contributed by atoms with van der Waals surface area (Å²) in [6.07, 6.45) is 3.65. The molecule has 0 N–H and O–H groups in total. The van der Waals surface area contributed by atoms with Crippen LogP contribution in [-0.4, -0.2) is 26.2 Å². The van der Waals surface area contributed by atoms with E-state index in [4.69, 9.17) is 4.42 Å². The van der Waals surface area contributed by atoms with Crippen LogP contribution in [-0.2, 0) is 0 Å². The SMILES string of the molecule is CSc1nnc(-c2cnn(-c3ccccc3)c2C)o1. The van der Waals surface area contributed by atoms with Gasteiger partial charge in [0.25, 0.3) is 11.1 Å². The van der Waals surface area contributed by atoms with Crippen molar-refractivity contribution in [1.82, 2.24) is 20.0 Å². The van der Waals surface area contributed by atoms with Crippen molar-refractivity contribution in [3.05, 3.63) is 42.2 Å². The lowest BCUT2D eigenvalue weighted by Crippen LogP contribution is -1.98. The summed E-state index contributed by atoms with van der Waals surface area (Å²) in [5.41, 5.74) is 2.84. The van der Waals surface area contributed by atoms with E-state index in [9.17, 15) is 0 Å². The summed E-state index contributed by atoms with van der Waals surface area (Å²) >= 11 is 1.43. The molecule has 2 aromatic heterocycles.